The number of ketones is 1. The molecular weight excluding hydrogens is 516 g/mol. The molecule has 5 nitrogen and oxygen atoms in total. The molecule has 0 radical (unpaired) electrons. The van der Waals surface area contributed by atoms with Gasteiger partial charge in [0, 0.05) is 46.0 Å². The molecule has 3 aromatic rings. The van der Waals surface area contributed by atoms with Crippen molar-refractivity contribution in [2.45, 2.75) is 16.7 Å². The number of Topliss-reactive ketones (excluding diaryl/α,β-unsaturated/α-hetero) is 1. The topological polar surface area (TPSA) is 72.0 Å². The summed E-state index contributed by atoms with van der Waals surface area (Å²) in [6.45, 7) is 0. The Bertz CT molecular complexity index is 1180. The van der Waals surface area contributed by atoms with E-state index in [9.17, 15) is 9.59 Å². The summed E-state index contributed by atoms with van der Waals surface area (Å²) < 4.78 is -1.31. The second-order valence-corrected chi connectivity index (χ2v) is 10.1. The van der Waals surface area contributed by atoms with Gasteiger partial charge in [0.15, 0.2) is 5.78 Å². The molecule has 1 aliphatic rings. The van der Waals surface area contributed by atoms with Crippen molar-refractivity contribution >= 4 is 75.4 Å². The van der Waals surface area contributed by atoms with Crippen LogP contribution in [0.5, 0.6) is 0 Å². The first-order chi connectivity index (χ1) is 15.2. The van der Waals surface area contributed by atoms with Crippen LogP contribution in [0.2, 0.25) is 15.1 Å². The minimum absolute atomic E-state index is 0.0741. The highest BCUT2D eigenvalue weighted by molar-refractivity contribution is 6.53. The highest BCUT2D eigenvalue weighted by Crippen LogP contribution is 2.65. The number of carbonyl (C=O) groups is 2. The Labute approximate surface area is 209 Å². The summed E-state index contributed by atoms with van der Waals surface area (Å²) >= 11 is 31.2. The molecule has 1 amide bonds. The van der Waals surface area contributed by atoms with Crippen molar-refractivity contribution in [2.75, 3.05) is 5.32 Å². The fraction of sp³-hybridized carbons (Fsp3) is 0.182. The van der Waals surface area contributed by atoms with Crippen LogP contribution < -0.4 is 5.32 Å². The molecular formula is C22H14Cl5N3O2. The van der Waals surface area contributed by atoms with Gasteiger partial charge >= 0.3 is 0 Å². The molecule has 1 saturated carbocycles. The van der Waals surface area contributed by atoms with Crippen LogP contribution in [0.25, 0.3) is 0 Å². The van der Waals surface area contributed by atoms with E-state index in [0.717, 1.165) is 0 Å². The molecule has 4 rings (SSSR count). The van der Waals surface area contributed by atoms with Crippen LogP contribution in [0.3, 0.4) is 0 Å². The average Bonchev–Trinajstić information content (AvgIpc) is 3.31. The maximum absolute atomic E-state index is 12.9. The zero-order valence-electron chi connectivity index (χ0n) is 16.2. The second kappa shape index (κ2) is 9.16. The lowest BCUT2D eigenvalue weighted by Gasteiger charge is -2.09. The Kier molecular flexibility index (Phi) is 6.66. The molecule has 10 heteroatoms. The molecule has 0 aliphatic heterocycles. The molecule has 32 heavy (non-hydrogen) atoms. The quantitative estimate of drug-likeness (QED) is 0.297. The van der Waals surface area contributed by atoms with E-state index in [1.54, 1.807) is 42.7 Å². The van der Waals surface area contributed by atoms with Gasteiger partial charge < -0.3 is 5.32 Å². The number of aromatic nitrogens is 2. The van der Waals surface area contributed by atoms with E-state index in [1.165, 1.54) is 12.4 Å². The van der Waals surface area contributed by atoms with E-state index < -0.39 is 22.1 Å². The van der Waals surface area contributed by atoms with Gasteiger partial charge in [0.1, 0.15) is 10.7 Å². The second-order valence-electron chi connectivity index (χ2n) is 7.36. The number of carbonyl (C=O) groups excluding carboxylic acids is 2. The largest absolute Gasteiger partial charge is 0.326 e. The van der Waals surface area contributed by atoms with E-state index in [2.05, 4.69) is 15.3 Å². The number of rotatable bonds is 6. The molecule has 1 fully saturated rings. The average molecular weight is 530 g/mol. The molecule has 0 spiro atoms. The van der Waals surface area contributed by atoms with Gasteiger partial charge in [-0.05, 0) is 47.5 Å². The molecule has 0 saturated heterocycles. The van der Waals surface area contributed by atoms with E-state index in [4.69, 9.17) is 58.0 Å². The summed E-state index contributed by atoms with van der Waals surface area (Å²) in [6.07, 6.45) is 4.57. The van der Waals surface area contributed by atoms with Gasteiger partial charge in [0.25, 0.3) is 0 Å². The van der Waals surface area contributed by atoms with Crippen molar-refractivity contribution in [1.82, 2.24) is 9.97 Å². The van der Waals surface area contributed by atoms with Crippen LogP contribution in [-0.4, -0.2) is 26.0 Å². The summed E-state index contributed by atoms with van der Waals surface area (Å²) in [4.78, 5) is 33.4. The van der Waals surface area contributed by atoms with Crippen molar-refractivity contribution < 1.29 is 9.59 Å². The van der Waals surface area contributed by atoms with Gasteiger partial charge in [-0.3, -0.25) is 9.59 Å². The predicted molar refractivity (Wildman–Crippen MR) is 127 cm³/mol. The van der Waals surface area contributed by atoms with Gasteiger partial charge in [-0.15, -0.1) is 23.2 Å². The number of nitrogens with zero attached hydrogens (tertiary/aromatic N) is 2. The molecule has 2 unspecified atom stereocenters. The van der Waals surface area contributed by atoms with Crippen LogP contribution in [0.4, 0.5) is 5.69 Å². The fourth-order valence-electron chi connectivity index (χ4n) is 3.56. The van der Waals surface area contributed by atoms with Crippen LogP contribution in [0, 0.1) is 5.92 Å². The first kappa shape index (κ1) is 23.3. The smallest absolute Gasteiger partial charge is 0.231 e. The third-order valence-corrected chi connectivity index (χ3v) is 6.80. The van der Waals surface area contributed by atoms with E-state index >= 15 is 0 Å². The van der Waals surface area contributed by atoms with Crippen molar-refractivity contribution in [3.8, 4) is 0 Å². The number of alkyl halides is 2. The van der Waals surface area contributed by atoms with Crippen molar-refractivity contribution in [2.24, 2.45) is 5.92 Å². The SMILES string of the molecule is O=C(Cc1cncnc1)c1cc(NC(=O)C2C(c3cc(Cl)cc(Cl)c3)C2(Cl)Cl)ccc1Cl. The summed E-state index contributed by atoms with van der Waals surface area (Å²) in [5.41, 5.74) is 1.99. The normalized spacial score (nSPS) is 18.8. The van der Waals surface area contributed by atoms with Crippen LogP contribution in [-0.2, 0) is 11.2 Å². The highest BCUT2D eigenvalue weighted by atomic mass is 35.5. The number of anilines is 1. The number of amides is 1. The Morgan fingerprint density at radius 1 is 0.969 bits per heavy atom. The maximum atomic E-state index is 12.9. The zero-order valence-corrected chi connectivity index (χ0v) is 19.9. The minimum atomic E-state index is -1.31. The van der Waals surface area contributed by atoms with Crippen LogP contribution in [0.1, 0.15) is 27.4 Å². The lowest BCUT2D eigenvalue weighted by molar-refractivity contribution is -0.117. The standard InChI is InChI=1S/C22H14Cl5N3O2/c23-13-4-12(5-14(24)6-13)19-20(22(19,26)27)21(32)30-15-1-2-17(25)16(7-15)18(31)3-11-8-28-10-29-9-11/h1-2,4-10,19-20H,3H2,(H,30,32). The van der Waals surface area contributed by atoms with Crippen molar-refractivity contribution in [3.05, 3.63) is 86.9 Å². The van der Waals surface area contributed by atoms with Crippen LogP contribution >= 0.6 is 58.0 Å². The zero-order chi connectivity index (χ0) is 23.0. The van der Waals surface area contributed by atoms with Crippen LogP contribution in [0.15, 0.2) is 55.1 Å². The van der Waals surface area contributed by atoms with Crippen molar-refractivity contribution in [3.63, 3.8) is 0 Å². The predicted octanol–water partition coefficient (Wildman–Crippen LogP) is 6.39. The molecule has 1 aromatic heterocycles. The van der Waals surface area contributed by atoms with Gasteiger partial charge in [-0.25, -0.2) is 9.97 Å². The summed E-state index contributed by atoms with van der Waals surface area (Å²) in [7, 11) is 0. The van der Waals surface area contributed by atoms with Gasteiger partial charge in [-0.1, -0.05) is 34.8 Å². The Morgan fingerprint density at radius 2 is 1.62 bits per heavy atom. The van der Waals surface area contributed by atoms with Gasteiger partial charge in [0.2, 0.25) is 5.91 Å². The summed E-state index contributed by atoms with van der Waals surface area (Å²) in [6, 6.07) is 9.60. The first-order valence-electron chi connectivity index (χ1n) is 9.38. The molecule has 1 heterocycles. The summed E-state index contributed by atoms with van der Waals surface area (Å²) in [5, 5.41) is 3.88. The maximum Gasteiger partial charge on any atom is 0.231 e. The Balaban J connectivity index is 1.51. The monoisotopic (exact) mass is 527 g/mol. The Hall–Kier alpha value is -1.89. The number of hydrogen-bond donors (Lipinski definition) is 1. The lowest BCUT2D eigenvalue weighted by Crippen LogP contribution is -2.17. The van der Waals surface area contributed by atoms with Gasteiger partial charge in [0.05, 0.1) is 10.9 Å². The number of nitrogens with one attached hydrogen (secondary N) is 1. The lowest BCUT2D eigenvalue weighted by atomic mass is 10.0. The van der Waals surface area contributed by atoms with Crippen molar-refractivity contribution in [1.29, 1.82) is 0 Å². The highest BCUT2D eigenvalue weighted by Gasteiger charge is 2.67. The first-order valence-corrected chi connectivity index (χ1v) is 11.3. The third-order valence-electron chi connectivity index (χ3n) is 5.09. The summed E-state index contributed by atoms with van der Waals surface area (Å²) in [5.74, 6) is -1.83. The molecule has 1 aliphatic carbocycles. The Morgan fingerprint density at radius 3 is 2.28 bits per heavy atom. The van der Waals surface area contributed by atoms with E-state index in [-0.39, 0.29) is 22.8 Å². The molecule has 0 bridgehead atoms. The van der Waals surface area contributed by atoms with Gasteiger partial charge in [-0.2, -0.15) is 0 Å². The van der Waals surface area contributed by atoms with E-state index in [1.807, 2.05) is 0 Å². The molecule has 2 aromatic carbocycles. The molecule has 1 N–H and O–H groups in total. The minimum Gasteiger partial charge on any atom is -0.326 e. The molecule has 2 atom stereocenters. The number of benzene rings is 2. The number of halogens is 5. The number of hydrogen-bond acceptors (Lipinski definition) is 4. The fourth-order valence-corrected chi connectivity index (χ4v) is 5.16. The third kappa shape index (κ3) is 4.87. The molecule has 164 valence electrons. The van der Waals surface area contributed by atoms with E-state index in [0.29, 0.717) is 26.9 Å².